The minimum absolute atomic E-state index is 0. The number of ether oxygens (including phenoxy) is 2. The van der Waals surface area contributed by atoms with E-state index in [1.54, 1.807) is 14.2 Å². The van der Waals surface area contributed by atoms with Gasteiger partial charge in [-0.2, -0.15) is 0 Å². The van der Waals surface area contributed by atoms with Gasteiger partial charge in [0, 0.05) is 14.2 Å². The highest BCUT2D eigenvalue weighted by atomic mass is 79.9. The van der Waals surface area contributed by atoms with E-state index < -0.39 is 0 Å². The van der Waals surface area contributed by atoms with Gasteiger partial charge in [-0.3, -0.25) is 0 Å². The molecule has 1 atom stereocenters. The van der Waals surface area contributed by atoms with E-state index in [4.69, 9.17) is 9.47 Å². The van der Waals surface area contributed by atoms with Crippen LogP contribution in [0.3, 0.4) is 0 Å². The average molecular weight is 544 g/mol. The fourth-order valence-electron chi connectivity index (χ4n) is 4.67. The first kappa shape index (κ1) is 28.7. The summed E-state index contributed by atoms with van der Waals surface area (Å²) in [5.41, 5.74) is 5.44. The predicted octanol–water partition coefficient (Wildman–Crippen LogP) is 8.32. The average Bonchev–Trinajstić information content (AvgIpc) is 2.88. The first-order valence-corrected chi connectivity index (χ1v) is 12.8. The summed E-state index contributed by atoms with van der Waals surface area (Å²) in [6.45, 7) is 0. The van der Waals surface area contributed by atoms with Crippen LogP contribution in [-0.4, -0.2) is 20.5 Å². The van der Waals surface area contributed by atoms with Gasteiger partial charge >= 0.3 is 0 Å². The van der Waals surface area contributed by atoms with Gasteiger partial charge in [0.2, 0.25) is 0 Å². The van der Waals surface area contributed by atoms with Gasteiger partial charge in [-0.15, -0.1) is 26.2 Å². The summed E-state index contributed by atoms with van der Waals surface area (Å²) in [5.74, 6) is 0. The molecule has 4 heteroatoms. The maximum atomic E-state index is 5.27. The van der Waals surface area contributed by atoms with Gasteiger partial charge in [0.15, 0.2) is 6.29 Å². The molecular formula is C30H40BrO2P. The number of benzene rings is 3. The van der Waals surface area contributed by atoms with Crippen molar-refractivity contribution in [1.29, 1.82) is 0 Å². The largest absolute Gasteiger partial charge is 0.356 e. The van der Waals surface area contributed by atoms with Crippen molar-refractivity contribution in [3.05, 3.63) is 107 Å². The van der Waals surface area contributed by atoms with Crippen molar-refractivity contribution in [2.45, 2.75) is 62.8 Å². The third kappa shape index (κ3) is 7.75. The van der Waals surface area contributed by atoms with Crippen molar-refractivity contribution in [2.24, 2.45) is 0 Å². The van der Waals surface area contributed by atoms with E-state index >= 15 is 0 Å². The molecule has 0 spiro atoms. The lowest BCUT2D eigenvalue weighted by Crippen LogP contribution is -2.23. The molecule has 0 aliphatic rings. The highest BCUT2D eigenvalue weighted by Gasteiger charge is 2.32. The van der Waals surface area contributed by atoms with Gasteiger partial charge in [0.25, 0.3) is 0 Å². The second-order valence-electron chi connectivity index (χ2n) is 8.76. The van der Waals surface area contributed by atoms with Crippen molar-refractivity contribution in [3.63, 3.8) is 0 Å². The summed E-state index contributed by atoms with van der Waals surface area (Å²) < 4.78 is 10.5. The monoisotopic (exact) mass is 542 g/mol. The van der Waals surface area contributed by atoms with E-state index in [9.17, 15) is 0 Å². The Morgan fingerprint density at radius 1 is 0.647 bits per heavy atom. The molecule has 0 bridgehead atoms. The lowest BCUT2D eigenvalue weighted by Gasteiger charge is -2.33. The molecule has 2 nitrogen and oxygen atoms in total. The molecule has 0 aromatic heterocycles. The summed E-state index contributed by atoms with van der Waals surface area (Å²) in [6, 6.07) is 30.7. The Bertz CT molecular complexity index is 889. The van der Waals surface area contributed by atoms with Crippen LogP contribution in [-0.2, 0) is 21.1 Å². The molecule has 3 rings (SSSR count). The zero-order valence-corrected chi connectivity index (χ0v) is 23.5. The third-order valence-corrected chi connectivity index (χ3v) is 7.54. The molecule has 0 saturated heterocycles. The smallest absolute Gasteiger partial charge is 0.156 e. The summed E-state index contributed by atoms with van der Waals surface area (Å²) in [6.07, 6.45) is 9.52. The molecule has 0 aliphatic carbocycles. The van der Waals surface area contributed by atoms with Gasteiger partial charge in [0.05, 0.1) is 5.16 Å². The molecular weight excluding hydrogens is 503 g/mol. The Balaban J connectivity index is 0.00000408. The van der Waals surface area contributed by atoms with Gasteiger partial charge in [-0.25, -0.2) is 0 Å². The SMILES string of the molecule is Br.COC(CCCCCCCCc1ccccc1C(P)(c1ccccc1)c1ccccc1)OC. The van der Waals surface area contributed by atoms with Gasteiger partial charge in [0.1, 0.15) is 0 Å². The van der Waals surface area contributed by atoms with Crippen LogP contribution in [0, 0.1) is 0 Å². The molecule has 34 heavy (non-hydrogen) atoms. The van der Waals surface area contributed by atoms with Gasteiger partial charge < -0.3 is 9.47 Å². The maximum Gasteiger partial charge on any atom is 0.156 e. The van der Waals surface area contributed by atoms with Crippen LogP contribution in [0.1, 0.15) is 67.2 Å². The van der Waals surface area contributed by atoms with Crippen molar-refractivity contribution >= 4 is 26.2 Å². The molecule has 0 saturated carbocycles. The fourth-order valence-corrected chi connectivity index (χ4v) is 5.33. The second-order valence-corrected chi connectivity index (χ2v) is 9.62. The minimum Gasteiger partial charge on any atom is -0.356 e. The molecule has 3 aromatic rings. The first-order valence-electron chi connectivity index (χ1n) is 12.2. The van der Waals surface area contributed by atoms with E-state index in [1.165, 1.54) is 60.8 Å². The van der Waals surface area contributed by atoms with Crippen LogP contribution in [0.15, 0.2) is 84.9 Å². The molecule has 1 unspecified atom stereocenters. The van der Waals surface area contributed by atoms with E-state index in [1.807, 2.05) is 0 Å². The van der Waals surface area contributed by atoms with Crippen LogP contribution in [0.25, 0.3) is 0 Å². The van der Waals surface area contributed by atoms with E-state index in [0.29, 0.717) is 0 Å². The molecule has 3 aromatic carbocycles. The van der Waals surface area contributed by atoms with Crippen molar-refractivity contribution in [1.82, 2.24) is 0 Å². The lowest BCUT2D eigenvalue weighted by molar-refractivity contribution is -0.107. The minimum atomic E-state index is -0.252. The maximum absolute atomic E-state index is 5.27. The van der Waals surface area contributed by atoms with Crippen LogP contribution < -0.4 is 0 Å². The molecule has 0 aliphatic heterocycles. The Kier molecular flexibility index (Phi) is 13.1. The number of hydrogen-bond acceptors (Lipinski definition) is 2. The van der Waals surface area contributed by atoms with Crippen molar-refractivity contribution < 1.29 is 9.47 Å². The highest BCUT2D eigenvalue weighted by molar-refractivity contribution is 8.93. The number of hydrogen-bond donors (Lipinski definition) is 0. The standard InChI is InChI=1S/C30H39O2P.BrH/c1-31-29(32-2)24-14-6-4-3-5-9-17-25-18-15-16-23-28(25)30(33,26-19-10-7-11-20-26)27-21-12-8-13-22-27;/h7-8,10-13,15-16,18-23,29H,3-6,9,14,17,24,33H2,1-2H3;1H. The van der Waals surface area contributed by atoms with E-state index in [0.717, 1.165) is 12.8 Å². The van der Waals surface area contributed by atoms with Crippen LogP contribution in [0.2, 0.25) is 0 Å². The van der Waals surface area contributed by atoms with Crippen LogP contribution >= 0.6 is 26.2 Å². The van der Waals surface area contributed by atoms with E-state index in [-0.39, 0.29) is 28.4 Å². The van der Waals surface area contributed by atoms with Crippen LogP contribution in [0.5, 0.6) is 0 Å². The number of unbranched alkanes of at least 4 members (excludes halogenated alkanes) is 5. The summed E-state index contributed by atoms with van der Waals surface area (Å²) in [5, 5.41) is -0.252. The highest BCUT2D eigenvalue weighted by Crippen LogP contribution is 2.46. The number of rotatable bonds is 14. The van der Waals surface area contributed by atoms with Crippen molar-refractivity contribution in [3.8, 4) is 0 Å². The quantitative estimate of drug-likeness (QED) is 0.0881. The van der Waals surface area contributed by atoms with Crippen LogP contribution in [0.4, 0.5) is 0 Å². The molecule has 184 valence electrons. The molecule has 0 heterocycles. The summed E-state index contributed by atoms with van der Waals surface area (Å²) in [7, 11) is 6.62. The Morgan fingerprint density at radius 2 is 1.12 bits per heavy atom. The van der Waals surface area contributed by atoms with Crippen molar-refractivity contribution in [2.75, 3.05) is 14.2 Å². The molecule has 0 radical (unpaired) electrons. The van der Waals surface area contributed by atoms with E-state index in [2.05, 4.69) is 94.2 Å². The van der Waals surface area contributed by atoms with Gasteiger partial charge in [-0.1, -0.05) is 111 Å². The second kappa shape index (κ2) is 15.5. The number of methoxy groups -OCH3 is 2. The number of aryl methyl sites for hydroxylation is 1. The zero-order valence-electron chi connectivity index (χ0n) is 20.6. The topological polar surface area (TPSA) is 18.5 Å². The number of halogens is 1. The zero-order chi connectivity index (χ0) is 23.4. The predicted molar refractivity (Wildman–Crippen MR) is 153 cm³/mol. The molecule has 0 amide bonds. The third-order valence-electron chi connectivity index (χ3n) is 6.56. The molecule has 0 N–H and O–H groups in total. The Hall–Kier alpha value is -1.51. The summed E-state index contributed by atoms with van der Waals surface area (Å²) in [4.78, 5) is 0. The Labute approximate surface area is 219 Å². The van der Waals surface area contributed by atoms with Gasteiger partial charge in [-0.05, 0) is 47.9 Å². The lowest BCUT2D eigenvalue weighted by atomic mass is 9.81. The molecule has 0 fully saturated rings. The first-order chi connectivity index (χ1) is 16.2. The normalized spacial score (nSPS) is 11.4. The summed E-state index contributed by atoms with van der Waals surface area (Å²) >= 11 is 0. The fraction of sp³-hybridized carbons (Fsp3) is 0.400. The Morgan fingerprint density at radius 3 is 1.68 bits per heavy atom.